The van der Waals surface area contributed by atoms with E-state index in [1.54, 1.807) is 30.3 Å². The minimum absolute atomic E-state index is 0.0921. The van der Waals surface area contributed by atoms with Gasteiger partial charge in [0, 0.05) is 23.4 Å². The molecular weight excluding hydrogens is 496 g/mol. The molecular formula is C27H24N2O5S2. The van der Waals surface area contributed by atoms with Gasteiger partial charge in [0.1, 0.15) is 0 Å². The van der Waals surface area contributed by atoms with Crippen LogP contribution in [0.4, 0.5) is 10.8 Å². The van der Waals surface area contributed by atoms with Crippen LogP contribution in [-0.4, -0.2) is 36.5 Å². The first kappa shape index (κ1) is 24.1. The van der Waals surface area contributed by atoms with Gasteiger partial charge in [-0.15, -0.1) is 0 Å². The normalized spacial score (nSPS) is 17.8. The molecule has 1 aromatic heterocycles. The number of nitrogens with one attached hydrogen (secondary N) is 1. The van der Waals surface area contributed by atoms with Gasteiger partial charge < -0.3 is 10.4 Å². The predicted molar refractivity (Wildman–Crippen MR) is 141 cm³/mol. The first-order chi connectivity index (χ1) is 17.2. The van der Waals surface area contributed by atoms with Crippen molar-refractivity contribution in [3.63, 3.8) is 0 Å². The maximum absolute atomic E-state index is 12.9. The van der Waals surface area contributed by atoms with Gasteiger partial charge in [0.25, 0.3) is 0 Å². The van der Waals surface area contributed by atoms with E-state index in [0.29, 0.717) is 23.5 Å². The van der Waals surface area contributed by atoms with E-state index in [-0.39, 0.29) is 10.7 Å². The smallest absolute Gasteiger partial charge is 0.307 e. The van der Waals surface area contributed by atoms with Crippen molar-refractivity contribution >= 4 is 54.0 Å². The molecule has 3 aromatic carbocycles. The Kier molecular flexibility index (Phi) is 6.36. The number of thiazole rings is 1. The van der Waals surface area contributed by atoms with Crippen LogP contribution in [0.15, 0.2) is 71.6 Å². The summed E-state index contributed by atoms with van der Waals surface area (Å²) in [6, 6.07) is 20.0. The fourth-order valence-electron chi connectivity index (χ4n) is 4.67. The van der Waals surface area contributed by atoms with E-state index in [4.69, 9.17) is 0 Å². The molecule has 0 unspecified atom stereocenters. The predicted octanol–water partition coefficient (Wildman–Crippen LogP) is 5.79. The molecule has 0 amide bonds. The van der Waals surface area contributed by atoms with Crippen molar-refractivity contribution in [3.05, 3.63) is 72.3 Å². The lowest BCUT2D eigenvalue weighted by Gasteiger charge is -2.14. The molecule has 0 spiro atoms. The second-order valence-corrected chi connectivity index (χ2v) is 12.1. The summed E-state index contributed by atoms with van der Waals surface area (Å²) in [4.78, 5) is 29.1. The average molecular weight is 521 g/mol. The topological polar surface area (TPSA) is 113 Å². The van der Waals surface area contributed by atoms with E-state index in [0.717, 1.165) is 33.5 Å². The molecule has 4 aromatic rings. The molecule has 0 aliphatic heterocycles. The largest absolute Gasteiger partial charge is 0.481 e. The third-order valence-corrected chi connectivity index (χ3v) is 8.64. The van der Waals surface area contributed by atoms with Gasteiger partial charge in [-0.2, -0.15) is 0 Å². The molecule has 0 bridgehead atoms. The van der Waals surface area contributed by atoms with Crippen LogP contribution in [0, 0.1) is 11.8 Å². The molecule has 2 atom stereocenters. The van der Waals surface area contributed by atoms with E-state index in [2.05, 4.69) is 10.3 Å². The lowest BCUT2D eigenvalue weighted by molar-refractivity contribution is -0.142. The molecule has 1 heterocycles. The van der Waals surface area contributed by atoms with E-state index < -0.39 is 27.6 Å². The zero-order valence-electron chi connectivity index (χ0n) is 19.5. The number of fused-ring (bicyclic) bond motifs is 1. The molecule has 36 heavy (non-hydrogen) atoms. The quantitative estimate of drug-likeness (QED) is 0.296. The maximum atomic E-state index is 12.9. The first-order valence-electron chi connectivity index (χ1n) is 11.5. The number of nitrogens with zero attached hydrogens (tertiary/aromatic N) is 1. The fourth-order valence-corrected chi connectivity index (χ4v) is 6.32. The monoisotopic (exact) mass is 520 g/mol. The number of carboxylic acids is 1. The number of aromatic nitrogens is 1. The molecule has 184 valence electrons. The molecule has 1 saturated carbocycles. The minimum atomic E-state index is -3.28. The van der Waals surface area contributed by atoms with Crippen LogP contribution in [-0.2, 0) is 14.6 Å². The molecule has 0 saturated heterocycles. The summed E-state index contributed by atoms with van der Waals surface area (Å²) < 4.78 is 24.4. The van der Waals surface area contributed by atoms with Gasteiger partial charge in [-0.3, -0.25) is 9.59 Å². The number of benzene rings is 3. The summed E-state index contributed by atoms with van der Waals surface area (Å²) in [5, 5.41) is 13.3. The lowest BCUT2D eigenvalue weighted by Crippen LogP contribution is -2.25. The van der Waals surface area contributed by atoms with Gasteiger partial charge in [0.15, 0.2) is 20.8 Å². The van der Waals surface area contributed by atoms with Gasteiger partial charge in [-0.25, -0.2) is 13.4 Å². The number of aliphatic carboxylic acids is 1. The van der Waals surface area contributed by atoms with Crippen LogP contribution in [0.5, 0.6) is 0 Å². The van der Waals surface area contributed by atoms with Crippen LogP contribution < -0.4 is 5.32 Å². The van der Waals surface area contributed by atoms with Crippen LogP contribution >= 0.6 is 11.3 Å². The van der Waals surface area contributed by atoms with Crippen molar-refractivity contribution in [2.45, 2.75) is 24.2 Å². The highest BCUT2D eigenvalue weighted by molar-refractivity contribution is 7.90. The molecule has 1 aliphatic carbocycles. The highest BCUT2D eigenvalue weighted by Gasteiger charge is 2.37. The fraction of sp³-hybridized carbons (Fsp3) is 0.222. The maximum Gasteiger partial charge on any atom is 0.307 e. The highest BCUT2D eigenvalue weighted by atomic mass is 32.2. The zero-order valence-corrected chi connectivity index (χ0v) is 21.1. The summed E-state index contributed by atoms with van der Waals surface area (Å²) in [5.74, 6) is -2.01. The Morgan fingerprint density at radius 3 is 2.22 bits per heavy atom. The second kappa shape index (κ2) is 9.48. The van der Waals surface area contributed by atoms with Crippen molar-refractivity contribution < 1.29 is 23.1 Å². The third-order valence-electron chi connectivity index (χ3n) is 6.60. The summed E-state index contributed by atoms with van der Waals surface area (Å²) in [6.07, 6.45) is 3.14. The first-order valence-corrected chi connectivity index (χ1v) is 14.2. The van der Waals surface area contributed by atoms with Crippen molar-refractivity contribution in [3.8, 4) is 11.1 Å². The van der Waals surface area contributed by atoms with Crippen LogP contribution in [0.25, 0.3) is 21.3 Å². The summed E-state index contributed by atoms with van der Waals surface area (Å²) in [7, 11) is -3.28. The van der Waals surface area contributed by atoms with Gasteiger partial charge in [0.05, 0.1) is 21.0 Å². The second-order valence-electron chi connectivity index (χ2n) is 9.05. The van der Waals surface area contributed by atoms with E-state index in [9.17, 15) is 23.1 Å². The SMILES string of the molecule is CS(=O)(=O)c1ccc2nc(Nc3ccc(-c4ccc(C(=O)[C@H]5CCC[C@@H]5C(=O)O)cc4)cc3)sc2c1. The van der Waals surface area contributed by atoms with E-state index >= 15 is 0 Å². The lowest BCUT2D eigenvalue weighted by atomic mass is 9.88. The van der Waals surface area contributed by atoms with Crippen molar-refractivity contribution in [2.24, 2.45) is 11.8 Å². The molecule has 2 N–H and O–H groups in total. The zero-order chi connectivity index (χ0) is 25.4. The Morgan fingerprint density at radius 1 is 0.944 bits per heavy atom. The standard InChI is InChI=1S/C27H24N2O5S2/c1-36(33,34)20-13-14-23-24(15-20)35-27(29-23)28-19-11-9-17(10-12-19)16-5-7-18(8-6-16)25(30)21-3-2-4-22(21)26(31)32/h5-15,21-22H,2-4H2,1H3,(H,28,29)(H,31,32)/t21-,22-/m0/s1. The highest BCUT2D eigenvalue weighted by Crippen LogP contribution is 2.35. The van der Waals surface area contributed by atoms with Gasteiger partial charge in [-0.1, -0.05) is 54.2 Å². The van der Waals surface area contributed by atoms with Crippen molar-refractivity contribution in [1.29, 1.82) is 0 Å². The molecule has 0 radical (unpaired) electrons. The number of Topliss-reactive ketones (excluding diaryl/α,β-unsaturated/α-hetero) is 1. The minimum Gasteiger partial charge on any atom is -0.481 e. The number of anilines is 2. The van der Waals surface area contributed by atoms with E-state index in [1.807, 2.05) is 36.4 Å². The van der Waals surface area contributed by atoms with Crippen LogP contribution in [0.2, 0.25) is 0 Å². The van der Waals surface area contributed by atoms with Crippen LogP contribution in [0.3, 0.4) is 0 Å². The Morgan fingerprint density at radius 2 is 1.58 bits per heavy atom. The van der Waals surface area contributed by atoms with Gasteiger partial charge in [0.2, 0.25) is 0 Å². The summed E-state index contributed by atoms with van der Waals surface area (Å²) >= 11 is 1.38. The number of rotatable bonds is 7. The van der Waals surface area contributed by atoms with Crippen molar-refractivity contribution in [1.82, 2.24) is 4.98 Å². The number of carbonyl (C=O) groups excluding carboxylic acids is 1. The van der Waals surface area contributed by atoms with Gasteiger partial charge >= 0.3 is 5.97 Å². The van der Waals surface area contributed by atoms with Crippen LogP contribution in [0.1, 0.15) is 29.6 Å². The molecule has 1 fully saturated rings. The Hall–Kier alpha value is -3.56. The van der Waals surface area contributed by atoms with Gasteiger partial charge in [-0.05, 0) is 54.3 Å². The molecule has 1 aliphatic rings. The number of carboxylic acid groups (broad SMARTS) is 1. The van der Waals surface area contributed by atoms with Crippen molar-refractivity contribution in [2.75, 3.05) is 11.6 Å². The number of carbonyl (C=O) groups is 2. The average Bonchev–Trinajstić information content (AvgIpc) is 3.50. The number of ketones is 1. The summed E-state index contributed by atoms with van der Waals surface area (Å²) in [6.45, 7) is 0. The van der Waals surface area contributed by atoms with E-state index in [1.165, 1.54) is 17.6 Å². The number of hydrogen-bond acceptors (Lipinski definition) is 7. The molecule has 9 heteroatoms. The number of sulfone groups is 1. The number of hydrogen-bond donors (Lipinski definition) is 2. The third kappa shape index (κ3) is 4.89. The molecule has 5 rings (SSSR count). The molecule has 7 nitrogen and oxygen atoms in total. The summed E-state index contributed by atoms with van der Waals surface area (Å²) in [5.41, 5.74) is 4.05. The Labute approximate surface area is 212 Å². The Balaban J connectivity index is 1.29. The Bertz CT molecular complexity index is 1560.